The van der Waals surface area contributed by atoms with Crippen molar-refractivity contribution in [2.75, 3.05) is 6.61 Å². The molecule has 0 spiro atoms. The molecule has 3 aliphatic heterocycles. The highest BCUT2D eigenvalue weighted by Gasteiger charge is 2.53. The van der Waals surface area contributed by atoms with Gasteiger partial charge in [0.1, 0.15) is 61.0 Å². The highest BCUT2D eigenvalue weighted by molar-refractivity contribution is 5.73. The number of aliphatic hydroxyl groups excluding tert-OH is 8. The van der Waals surface area contributed by atoms with Crippen LogP contribution in [0.3, 0.4) is 0 Å². The standard InChI is InChI=1S/C20H35NO14/c1-5-10(24)13(27)15(29)19(31-5)35-17-14(28)11(25)6(2)32-20(17)34-16-8(4-22)33-18(30)9(12(16)26)21-7(3)23/h5-6,8-20,22,24-30H,4H2,1-3H3,(H,21,23)/t5-,6+,8+,9+,10+,11-,12+,13+,14-,15-,16+,17+,18?,19-,20-/m0/s1. The van der Waals surface area contributed by atoms with Crippen LogP contribution in [0.25, 0.3) is 0 Å². The van der Waals surface area contributed by atoms with Crippen molar-refractivity contribution in [2.45, 2.75) is 113 Å². The normalized spacial score (nSPS) is 51.1. The van der Waals surface area contributed by atoms with Crippen molar-refractivity contribution >= 4 is 5.91 Å². The molecule has 3 rings (SSSR count). The summed E-state index contributed by atoms with van der Waals surface area (Å²) in [5, 5.41) is 84.2. The van der Waals surface area contributed by atoms with Crippen molar-refractivity contribution < 1.29 is 69.3 Å². The Morgan fingerprint density at radius 3 is 1.86 bits per heavy atom. The second-order valence-electron chi connectivity index (χ2n) is 9.04. The molecule has 0 aromatic heterocycles. The Labute approximate surface area is 200 Å². The number of aliphatic hydroxyl groups is 8. The molecule has 0 aliphatic carbocycles. The first-order chi connectivity index (χ1) is 16.4. The molecule has 15 atom stereocenters. The monoisotopic (exact) mass is 513 g/mol. The number of nitrogens with one attached hydrogen (secondary N) is 1. The Morgan fingerprint density at radius 2 is 1.29 bits per heavy atom. The number of rotatable bonds is 6. The summed E-state index contributed by atoms with van der Waals surface area (Å²) in [5.41, 5.74) is 0. The predicted octanol–water partition coefficient (Wildman–Crippen LogP) is -5.37. The van der Waals surface area contributed by atoms with Gasteiger partial charge in [-0.15, -0.1) is 0 Å². The van der Waals surface area contributed by atoms with Gasteiger partial charge in [-0.2, -0.15) is 0 Å². The predicted molar refractivity (Wildman–Crippen MR) is 110 cm³/mol. The molecule has 15 nitrogen and oxygen atoms in total. The molecule has 0 aromatic rings. The number of ether oxygens (including phenoxy) is 5. The highest BCUT2D eigenvalue weighted by Crippen LogP contribution is 2.32. The van der Waals surface area contributed by atoms with Gasteiger partial charge in [-0.05, 0) is 13.8 Å². The van der Waals surface area contributed by atoms with E-state index in [0.717, 1.165) is 6.92 Å². The molecule has 0 bridgehead atoms. The van der Waals surface area contributed by atoms with Crippen molar-refractivity contribution in [3.8, 4) is 0 Å². The Morgan fingerprint density at radius 1 is 0.743 bits per heavy atom. The Balaban J connectivity index is 1.83. The van der Waals surface area contributed by atoms with Gasteiger partial charge in [-0.1, -0.05) is 0 Å². The second kappa shape index (κ2) is 11.6. The average Bonchev–Trinajstić information content (AvgIpc) is 2.80. The molecule has 0 radical (unpaired) electrons. The molecular formula is C20H35NO14. The van der Waals surface area contributed by atoms with Gasteiger partial charge in [0.15, 0.2) is 18.9 Å². The maximum Gasteiger partial charge on any atom is 0.217 e. The van der Waals surface area contributed by atoms with Crippen LogP contribution < -0.4 is 5.32 Å². The van der Waals surface area contributed by atoms with Crippen LogP contribution in [0.5, 0.6) is 0 Å². The highest BCUT2D eigenvalue weighted by atomic mass is 16.8. The third-order valence-corrected chi connectivity index (χ3v) is 6.42. The SMILES string of the molecule is CC(=O)N[C@H]1C(O)O[C@H](CO)[C@@H](O[C@@H]2O[C@H](C)[C@H](O)[C@H](O)[C@H]2O[C@@H]2O[C@@H](C)[C@@H](O)[C@@H](O)[C@@H]2O)[C@@H]1O. The molecule has 3 aliphatic rings. The van der Waals surface area contributed by atoms with Gasteiger partial charge in [0.2, 0.25) is 5.91 Å². The van der Waals surface area contributed by atoms with Crippen LogP contribution in [0.2, 0.25) is 0 Å². The summed E-state index contributed by atoms with van der Waals surface area (Å²) in [6, 6.07) is -1.34. The summed E-state index contributed by atoms with van der Waals surface area (Å²) in [4.78, 5) is 11.5. The molecule has 35 heavy (non-hydrogen) atoms. The Kier molecular flexibility index (Phi) is 9.42. The van der Waals surface area contributed by atoms with Gasteiger partial charge in [0, 0.05) is 6.92 Å². The number of carbonyl (C=O) groups is 1. The van der Waals surface area contributed by atoms with E-state index in [9.17, 15) is 45.6 Å². The van der Waals surface area contributed by atoms with E-state index < -0.39 is 105 Å². The summed E-state index contributed by atoms with van der Waals surface area (Å²) >= 11 is 0. The zero-order valence-corrected chi connectivity index (χ0v) is 19.4. The summed E-state index contributed by atoms with van der Waals surface area (Å²) in [6.45, 7) is 3.29. The third-order valence-electron chi connectivity index (χ3n) is 6.42. The fraction of sp³-hybridized carbons (Fsp3) is 0.950. The number of amides is 1. The van der Waals surface area contributed by atoms with Crippen LogP contribution in [-0.2, 0) is 28.5 Å². The molecule has 3 heterocycles. The fourth-order valence-corrected chi connectivity index (χ4v) is 4.33. The molecule has 9 N–H and O–H groups in total. The van der Waals surface area contributed by atoms with Crippen molar-refractivity contribution in [1.82, 2.24) is 5.32 Å². The van der Waals surface area contributed by atoms with Crippen molar-refractivity contribution in [2.24, 2.45) is 0 Å². The zero-order valence-electron chi connectivity index (χ0n) is 19.4. The van der Waals surface area contributed by atoms with E-state index in [0.29, 0.717) is 0 Å². The van der Waals surface area contributed by atoms with E-state index in [1.807, 2.05) is 0 Å². The van der Waals surface area contributed by atoms with Crippen molar-refractivity contribution in [1.29, 1.82) is 0 Å². The van der Waals surface area contributed by atoms with Gasteiger partial charge < -0.3 is 69.9 Å². The average molecular weight is 513 g/mol. The molecule has 3 saturated heterocycles. The van der Waals surface area contributed by atoms with E-state index in [1.54, 1.807) is 0 Å². The summed E-state index contributed by atoms with van der Waals surface area (Å²) in [5.74, 6) is -0.585. The van der Waals surface area contributed by atoms with Crippen LogP contribution in [0.4, 0.5) is 0 Å². The van der Waals surface area contributed by atoms with Crippen LogP contribution in [0.1, 0.15) is 20.8 Å². The van der Waals surface area contributed by atoms with E-state index in [1.165, 1.54) is 13.8 Å². The number of carbonyl (C=O) groups excluding carboxylic acids is 1. The first-order valence-corrected chi connectivity index (χ1v) is 11.3. The van der Waals surface area contributed by atoms with E-state index in [4.69, 9.17) is 23.7 Å². The van der Waals surface area contributed by atoms with E-state index >= 15 is 0 Å². The Bertz CT molecular complexity index is 715. The molecule has 1 amide bonds. The molecular weight excluding hydrogens is 478 g/mol. The second-order valence-corrected chi connectivity index (χ2v) is 9.04. The van der Waals surface area contributed by atoms with Crippen LogP contribution >= 0.6 is 0 Å². The van der Waals surface area contributed by atoms with Crippen molar-refractivity contribution in [3.63, 3.8) is 0 Å². The van der Waals surface area contributed by atoms with Crippen LogP contribution in [0, 0.1) is 0 Å². The van der Waals surface area contributed by atoms with Crippen molar-refractivity contribution in [3.05, 3.63) is 0 Å². The molecule has 204 valence electrons. The van der Waals surface area contributed by atoms with Gasteiger partial charge in [-0.25, -0.2) is 0 Å². The van der Waals surface area contributed by atoms with Gasteiger partial charge in [0.05, 0.1) is 18.8 Å². The maximum absolute atomic E-state index is 11.5. The zero-order chi connectivity index (χ0) is 26.2. The number of hydrogen-bond donors (Lipinski definition) is 9. The lowest BCUT2D eigenvalue weighted by atomic mass is 9.95. The molecule has 3 fully saturated rings. The fourth-order valence-electron chi connectivity index (χ4n) is 4.33. The first-order valence-electron chi connectivity index (χ1n) is 11.3. The summed E-state index contributed by atoms with van der Waals surface area (Å²) in [7, 11) is 0. The van der Waals surface area contributed by atoms with E-state index in [-0.39, 0.29) is 0 Å². The first kappa shape index (κ1) is 28.5. The minimum absolute atomic E-state index is 0.585. The lowest BCUT2D eigenvalue weighted by Gasteiger charge is -2.48. The maximum atomic E-state index is 11.5. The minimum Gasteiger partial charge on any atom is -0.394 e. The summed E-state index contributed by atoms with van der Waals surface area (Å²) < 4.78 is 27.7. The lowest BCUT2D eigenvalue weighted by molar-refractivity contribution is -0.379. The van der Waals surface area contributed by atoms with Crippen LogP contribution in [-0.4, -0.2) is 145 Å². The molecule has 15 heteroatoms. The molecule has 0 aromatic carbocycles. The molecule has 0 saturated carbocycles. The smallest absolute Gasteiger partial charge is 0.217 e. The summed E-state index contributed by atoms with van der Waals surface area (Å²) in [6.07, 6.45) is -20.6. The lowest BCUT2D eigenvalue weighted by Crippen LogP contribution is -2.67. The Hall–Kier alpha value is -1.05. The van der Waals surface area contributed by atoms with Gasteiger partial charge in [0.25, 0.3) is 0 Å². The third kappa shape index (κ3) is 5.93. The number of hydrogen-bond acceptors (Lipinski definition) is 14. The quantitative estimate of drug-likeness (QED) is 0.161. The largest absolute Gasteiger partial charge is 0.394 e. The minimum atomic E-state index is -1.74. The topological polar surface area (TPSA) is 237 Å². The molecule has 1 unspecified atom stereocenters. The van der Waals surface area contributed by atoms with Gasteiger partial charge >= 0.3 is 0 Å². The van der Waals surface area contributed by atoms with Crippen LogP contribution in [0.15, 0.2) is 0 Å². The van der Waals surface area contributed by atoms with E-state index in [2.05, 4.69) is 5.32 Å². The van der Waals surface area contributed by atoms with Gasteiger partial charge in [-0.3, -0.25) is 4.79 Å².